The van der Waals surface area contributed by atoms with Gasteiger partial charge in [0.15, 0.2) is 23.1 Å². The summed E-state index contributed by atoms with van der Waals surface area (Å²) in [6.07, 6.45) is 0. The van der Waals surface area contributed by atoms with Crippen LogP contribution < -0.4 is 19.9 Å². The molecule has 0 aromatic heterocycles. The highest BCUT2D eigenvalue weighted by Gasteiger charge is 2.05. The van der Waals surface area contributed by atoms with Crippen molar-refractivity contribution in [3.8, 4) is 17.2 Å². The van der Waals surface area contributed by atoms with E-state index in [2.05, 4.69) is 0 Å². The van der Waals surface area contributed by atoms with E-state index in [1.807, 2.05) is 12.1 Å². The molecule has 0 amide bonds. The molecule has 4 nitrogen and oxygen atoms in total. The molecule has 0 heterocycles. The number of hydrogen-bond donors (Lipinski definition) is 1. The van der Waals surface area contributed by atoms with Gasteiger partial charge in [0.05, 0.1) is 7.11 Å². The number of nitrogens with two attached hydrogens (primary N) is 1. The second-order valence-electron chi connectivity index (χ2n) is 4.04. The zero-order valence-corrected chi connectivity index (χ0v) is 11.1. The third-order valence-corrected chi connectivity index (χ3v) is 2.62. The molecule has 0 saturated heterocycles. The molecule has 0 aliphatic heterocycles. The van der Waals surface area contributed by atoms with Gasteiger partial charge in [-0.1, -0.05) is 12.1 Å². The van der Waals surface area contributed by atoms with Crippen molar-refractivity contribution in [3.63, 3.8) is 0 Å². The van der Waals surface area contributed by atoms with Gasteiger partial charge < -0.3 is 19.9 Å². The molecular formula is C15H16FNO3. The van der Waals surface area contributed by atoms with Crippen molar-refractivity contribution in [2.24, 2.45) is 0 Å². The van der Waals surface area contributed by atoms with E-state index >= 15 is 0 Å². The Kier molecular flexibility index (Phi) is 4.65. The summed E-state index contributed by atoms with van der Waals surface area (Å²) >= 11 is 0. The van der Waals surface area contributed by atoms with Crippen molar-refractivity contribution >= 4 is 5.69 Å². The van der Waals surface area contributed by atoms with Crippen LogP contribution in [0.2, 0.25) is 0 Å². The maximum Gasteiger partial charge on any atom is 0.167 e. The van der Waals surface area contributed by atoms with Gasteiger partial charge in [0, 0.05) is 11.8 Å². The van der Waals surface area contributed by atoms with Gasteiger partial charge >= 0.3 is 0 Å². The lowest BCUT2D eigenvalue weighted by molar-refractivity contribution is 0.206. The Morgan fingerprint density at radius 3 is 2.25 bits per heavy atom. The number of halogens is 1. The summed E-state index contributed by atoms with van der Waals surface area (Å²) in [7, 11) is 1.57. The molecule has 106 valence electrons. The minimum atomic E-state index is -0.484. The van der Waals surface area contributed by atoms with E-state index in [1.54, 1.807) is 25.3 Å². The van der Waals surface area contributed by atoms with Crippen molar-refractivity contribution in [1.29, 1.82) is 0 Å². The molecule has 0 aliphatic carbocycles. The molecule has 0 unspecified atom stereocenters. The standard InChI is InChI=1S/C15H16FNO3/c1-18-14-4-2-3-5-15(14)20-9-8-19-13-7-6-11(17)10-12(13)16/h2-7,10H,8-9,17H2,1H3. The first kappa shape index (κ1) is 14.0. The monoisotopic (exact) mass is 277 g/mol. The normalized spacial score (nSPS) is 10.1. The SMILES string of the molecule is COc1ccccc1OCCOc1ccc(N)cc1F. The van der Waals surface area contributed by atoms with E-state index < -0.39 is 5.82 Å². The van der Waals surface area contributed by atoms with Gasteiger partial charge in [0.2, 0.25) is 0 Å². The lowest BCUT2D eigenvalue weighted by atomic mass is 10.3. The smallest absolute Gasteiger partial charge is 0.167 e. The topological polar surface area (TPSA) is 53.7 Å². The Morgan fingerprint density at radius 1 is 0.950 bits per heavy atom. The number of para-hydroxylation sites is 2. The molecule has 0 saturated carbocycles. The van der Waals surface area contributed by atoms with Crippen LogP contribution in [-0.2, 0) is 0 Å². The first-order valence-electron chi connectivity index (χ1n) is 6.14. The van der Waals surface area contributed by atoms with Gasteiger partial charge in [-0.05, 0) is 24.3 Å². The lowest BCUT2D eigenvalue weighted by Gasteiger charge is -2.11. The van der Waals surface area contributed by atoms with E-state index in [4.69, 9.17) is 19.9 Å². The Bertz CT molecular complexity index is 575. The molecule has 0 aliphatic rings. The Labute approximate surface area is 116 Å². The first-order valence-corrected chi connectivity index (χ1v) is 6.14. The summed E-state index contributed by atoms with van der Waals surface area (Å²) in [5, 5.41) is 0. The number of methoxy groups -OCH3 is 1. The summed E-state index contributed by atoms with van der Waals surface area (Å²) in [5.74, 6) is 0.938. The number of nitrogen functional groups attached to an aromatic ring is 1. The number of anilines is 1. The number of hydrogen-bond acceptors (Lipinski definition) is 4. The highest BCUT2D eigenvalue weighted by molar-refractivity contribution is 5.42. The predicted molar refractivity (Wildman–Crippen MR) is 74.8 cm³/mol. The summed E-state index contributed by atoms with van der Waals surface area (Å²) in [6, 6.07) is 11.6. The number of ether oxygens (including phenoxy) is 3. The molecule has 0 spiro atoms. The van der Waals surface area contributed by atoms with Crippen LogP contribution >= 0.6 is 0 Å². The second-order valence-corrected chi connectivity index (χ2v) is 4.04. The Morgan fingerprint density at radius 2 is 1.60 bits per heavy atom. The predicted octanol–water partition coefficient (Wildman–Crippen LogP) is 2.87. The molecule has 0 atom stereocenters. The van der Waals surface area contributed by atoms with E-state index in [0.29, 0.717) is 17.2 Å². The van der Waals surface area contributed by atoms with Gasteiger partial charge in [-0.3, -0.25) is 0 Å². The van der Waals surface area contributed by atoms with E-state index in [1.165, 1.54) is 12.1 Å². The minimum Gasteiger partial charge on any atom is -0.493 e. The van der Waals surface area contributed by atoms with E-state index in [9.17, 15) is 4.39 Å². The quantitative estimate of drug-likeness (QED) is 0.651. The van der Waals surface area contributed by atoms with Crippen LogP contribution in [0.5, 0.6) is 17.2 Å². The van der Waals surface area contributed by atoms with E-state index in [0.717, 1.165) is 0 Å². The molecule has 2 rings (SSSR count). The average Bonchev–Trinajstić information content (AvgIpc) is 2.46. The molecular weight excluding hydrogens is 261 g/mol. The minimum absolute atomic E-state index is 0.155. The molecule has 0 fully saturated rings. The van der Waals surface area contributed by atoms with Crippen LogP contribution in [0.15, 0.2) is 42.5 Å². The number of benzene rings is 2. The van der Waals surface area contributed by atoms with Gasteiger partial charge in [-0.2, -0.15) is 0 Å². The average molecular weight is 277 g/mol. The van der Waals surface area contributed by atoms with Crippen LogP contribution in [0.4, 0.5) is 10.1 Å². The Balaban J connectivity index is 1.84. The fraction of sp³-hybridized carbons (Fsp3) is 0.200. The van der Waals surface area contributed by atoms with Crippen LogP contribution in [0.3, 0.4) is 0 Å². The molecule has 20 heavy (non-hydrogen) atoms. The maximum absolute atomic E-state index is 13.5. The third kappa shape index (κ3) is 3.54. The van der Waals surface area contributed by atoms with Crippen LogP contribution in [0.1, 0.15) is 0 Å². The van der Waals surface area contributed by atoms with Gasteiger partial charge in [0.25, 0.3) is 0 Å². The van der Waals surface area contributed by atoms with Gasteiger partial charge in [-0.15, -0.1) is 0 Å². The molecule has 0 bridgehead atoms. The van der Waals surface area contributed by atoms with Gasteiger partial charge in [-0.25, -0.2) is 4.39 Å². The van der Waals surface area contributed by atoms with E-state index in [-0.39, 0.29) is 19.0 Å². The molecule has 2 N–H and O–H groups in total. The van der Waals surface area contributed by atoms with Gasteiger partial charge in [0.1, 0.15) is 13.2 Å². The largest absolute Gasteiger partial charge is 0.493 e. The lowest BCUT2D eigenvalue weighted by Crippen LogP contribution is -2.10. The van der Waals surface area contributed by atoms with Crippen LogP contribution in [-0.4, -0.2) is 20.3 Å². The molecule has 5 heteroatoms. The second kappa shape index (κ2) is 6.65. The molecule has 2 aromatic carbocycles. The third-order valence-electron chi connectivity index (χ3n) is 2.62. The fourth-order valence-corrected chi connectivity index (χ4v) is 1.68. The Hall–Kier alpha value is -2.43. The fourth-order valence-electron chi connectivity index (χ4n) is 1.68. The molecule has 2 aromatic rings. The zero-order valence-electron chi connectivity index (χ0n) is 11.1. The van der Waals surface area contributed by atoms with Crippen molar-refractivity contribution < 1.29 is 18.6 Å². The van der Waals surface area contributed by atoms with Crippen molar-refractivity contribution in [2.75, 3.05) is 26.1 Å². The van der Waals surface area contributed by atoms with Crippen LogP contribution in [0, 0.1) is 5.82 Å². The zero-order chi connectivity index (χ0) is 14.4. The summed E-state index contributed by atoms with van der Waals surface area (Å²) in [6.45, 7) is 0.503. The first-order chi connectivity index (χ1) is 9.70. The maximum atomic E-state index is 13.5. The summed E-state index contributed by atoms with van der Waals surface area (Å²) in [4.78, 5) is 0. The number of rotatable bonds is 6. The van der Waals surface area contributed by atoms with Crippen molar-refractivity contribution in [2.45, 2.75) is 0 Å². The summed E-state index contributed by atoms with van der Waals surface area (Å²) < 4.78 is 29.4. The summed E-state index contributed by atoms with van der Waals surface area (Å²) in [5.41, 5.74) is 5.82. The van der Waals surface area contributed by atoms with Crippen LogP contribution in [0.25, 0.3) is 0 Å². The van der Waals surface area contributed by atoms with Crippen molar-refractivity contribution in [3.05, 3.63) is 48.3 Å². The highest BCUT2D eigenvalue weighted by atomic mass is 19.1. The van der Waals surface area contributed by atoms with Crippen molar-refractivity contribution in [1.82, 2.24) is 0 Å². The molecule has 0 radical (unpaired) electrons. The highest BCUT2D eigenvalue weighted by Crippen LogP contribution is 2.25.